The lowest BCUT2D eigenvalue weighted by molar-refractivity contribution is -0.384. The molecule has 1 amide bonds. The van der Waals surface area contributed by atoms with Gasteiger partial charge in [0.15, 0.2) is 0 Å². The first kappa shape index (κ1) is 15.6. The molecular formula is C18H15N3O3. The zero-order valence-electron chi connectivity index (χ0n) is 13.2. The maximum atomic E-state index is 12.4. The maximum absolute atomic E-state index is 12.4. The van der Waals surface area contributed by atoms with Gasteiger partial charge < -0.3 is 5.32 Å². The van der Waals surface area contributed by atoms with Crippen LogP contribution in [-0.4, -0.2) is 15.8 Å². The lowest BCUT2D eigenvalue weighted by Crippen LogP contribution is -2.12. The van der Waals surface area contributed by atoms with Crippen LogP contribution in [0.3, 0.4) is 0 Å². The fraction of sp³-hybridized carbons (Fsp3) is 0.111. The lowest BCUT2D eigenvalue weighted by Gasteiger charge is -2.11. The van der Waals surface area contributed by atoms with Crippen molar-refractivity contribution >= 4 is 28.2 Å². The minimum atomic E-state index is -0.497. The van der Waals surface area contributed by atoms with Crippen molar-refractivity contribution in [2.24, 2.45) is 0 Å². The van der Waals surface area contributed by atoms with E-state index >= 15 is 0 Å². The van der Waals surface area contributed by atoms with Crippen molar-refractivity contribution in [3.05, 3.63) is 75.5 Å². The van der Waals surface area contributed by atoms with Crippen LogP contribution in [0.2, 0.25) is 0 Å². The van der Waals surface area contributed by atoms with E-state index in [1.54, 1.807) is 12.3 Å². The molecule has 0 aliphatic rings. The molecule has 0 unspecified atom stereocenters. The Balaban J connectivity index is 1.93. The fourth-order valence-corrected chi connectivity index (χ4v) is 2.50. The number of amides is 1. The molecule has 3 aromatic rings. The number of nitro groups is 1. The van der Waals surface area contributed by atoms with Crippen molar-refractivity contribution in [3.63, 3.8) is 0 Å². The highest BCUT2D eigenvalue weighted by Gasteiger charge is 2.12. The molecule has 0 radical (unpaired) electrons. The summed E-state index contributed by atoms with van der Waals surface area (Å²) in [6.07, 6.45) is 1.65. The van der Waals surface area contributed by atoms with E-state index in [1.165, 1.54) is 24.3 Å². The summed E-state index contributed by atoms with van der Waals surface area (Å²) < 4.78 is 0. The van der Waals surface area contributed by atoms with E-state index in [-0.39, 0.29) is 11.6 Å². The third-order valence-electron chi connectivity index (χ3n) is 4.03. The zero-order valence-corrected chi connectivity index (χ0v) is 13.2. The molecule has 0 bridgehead atoms. The predicted octanol–water partition coefficient (Wildman–Crippen LogP) is 4.01. The molecule has 6 nitrogen and oxygen atoms in total. The summed E-state index contributed by atoms with van der Waals surface area (Å²) >= 11 is 0. The molecule has 1 heterocycles. The van der Waals surface area contributed by atoms with Crippen LogP contribution in [0, 0.1) is 24.0 Å². The van der Waals surface area contributed by atoms with Crippen LogP contribution in [0.1, 0.15) is 21.5 Å². The van der Waals surface area contributed by atoms with E-state index in [0.717, 1.165) is 22.0 Å². The summed E-state index contributed by atoms with van der Waals surface area (Å²) in [6, 6.07) is 11.1. The van der Waals surface area contributed by atoms with Gasteiger partial charge in [-0.2, -0.15) is 0 Å². The van der Waals surface area contributed by atoms with Gasteiger partial charge in [0.05, 0.1) is 16.1 Å². The number of hydrogen-bond donors (Lipinski definition) is 1. The quantitative estimate of drug-likeness (QED) is 0.583. The predicted molar refractivity (Wildman–Crippen MR) is 92.3 cm³/mol. The highest BCUT2D eigenvalue weighted by atomic mass is 16.6. The molecule has 0 fully saturated rings. The van der Waals surface area contributed by atoms with Gasteiger partial charge in [-0.25, -0.2) is 0 Å². The van der Waals surface area contributed by atoms with Crippen molar-refractivity contribution in [2.45, 2.75) is 13.8 Å². The highest BCUT2D eigenvalue weighted by Crippen LogP contribution is 2.26. The molecule has 0 spiro atoms. The number of fused-ring (bicyclic) bond motifs is 1. The SMILES string of the molecule is Cc1ccc2c(NC(=O)c3ccc([N+](=O)[O-])cc3)ccnc2c1C. The van der Waals surface area contributed by atoms with E-state index in [1.807, 2.05) is 26.0 Å². The van der Waals surface area contributed by atoms with Gasteiger partial charge in [0.1, 0.15) is 0 Å². The average molecular weight is 321 g/mol. The molecule has 24 heavy (non-hydrogen) atoms. The minimum Gasteiger partial charge on any atom is -0.321 e. The van der Waals surface area contributed by atoms with E-state index < -0.39 is 4.92 Å². The Kier molecular flexibility index (Phi) is 3.95. The van der Waals surface area contributed by atoms with E-state index in [9.17, 15) is 14.9 Å². The van der Waals surface area contributed by atoms with Gasteiger partial charge in [-0.1, -0.05) is 12.1 Å². The number of aryl methyl sites for hydroxylation is 2. The highest BCUT2D eigenvalue weighted by molar-refractivity contribution is 6.09. The molecule has 0 atom stereocenters. The monoisotopic (exact) mass is 321 g/mol. The van der Waals surface area contributed by atoms with Crippen LogP contribution < -0.4 is 5.32 Å². The molecule has 2 aromatic carbocycles. The van der Waals surface area contributed by atoms with Gasteiger partial charge in [0.2, 0.25) is 0 Å². The van der Waals surface area contributed by atoms with Crippen molar-refractivity contribution < 1.29 is 9.72 Å². The van der Waals surface area contributed by atoms with Crippen molar-refractivity contribution in [1.82, 2.24) is 4.98 Å². The lowest BCUT2D eigenvalue weighted by atomic mass is 10.0. The number of hydrogen-bond acceptors (Lipinski definition) is 4. The summed E-state index contributed by atoms with van der Waals surface area (Å²) in [5.41, 5.74) is 4.01. The first-order valence-electron chi connectivity index (χ1n) is 7.38. The van der Waals surface area contributed by atoms with Crippen LogP contribution in [0.15, 0.2) is 48.7 Å². The standard InChI is InChI=1S/C18H15N3O3/c1-11-3-8-15-16(9-10-19-17(15)12(11)2)20-18(22)13-4-6-14(7-5-13)21(23)24/h3-10H,1-2H3,(H,19,20,22). The van der Waals surface area contributed by atoms with Gasteiger partial charge >= 0.3 is 0 Å². The van der Waals surface area contributed by atoms with Gasteiger partial charge in [-0.3, -0.25) is 19.9 Å². The van der Waals surface area contributed by atoms with Crippen LogP contribution in [-0.2, 0) is 0 Å². The molecule has 1 N–H and O–H groups in total. The third kappa shape index (κ3) is 2.81. The summed E-state index contributed by atoms with van der Waals surface area (Å²) in [4.78, 5) is 27.0. The smallest absolute Gasteiger partial charge is 0.269 e. The first-order valence-corrected chi connectivity index (χ1v) is 7.38. The number of carbonyl (C=O) groups excluding carboxylic acids is 1. The minimum absolute atomic E-state index is 0.0491. The number of rotatable bonds is 3. The zero-order chi connectivity index (χ0) is 17.3. The Morgan fingerprint density at radius 2 is 1.79 bits per heavy atom. The number of aromatic nitrogens is 1. The Labute approximate surface area is 138 Å². The summed E-state index contributed by atoms with van der Waals surface area (Å²) in [5.74, 6) is -0.323. The number of pyridine rings is 1. The number of benzene rings is 2. The van der Waals surface area contributed by atoms with Crippen LogP contribution >= 0.6 is 0 Å². The van der Waals surface area contributed by atoms with E-state index in [4.69, 9.17) is 0 Å². The molecule has 1 aromatic heterocycles. The van der Waals surface area contributed by atoms with Crippen LogP contribution in [0.5, 0.6) is 0 Å². The second-order valence-corrected chi connectivity index (χ2v) is 5.52. The summed E-state index contributed by atoms with van der Waals surface area (Å²) in [5, 5.41) is 14.4. The number of non-ortho nitro benzene ring substituents is 1. The van der Waals surface area contributed by atoms with Crippen LogP contribution in [0.25, 0.3) is 10.9 Å². The van der Waals surface area contributed by atoms with Gasteiger partial charge in [-0.15, -0.1) is 0 Å². The molecule has 120 valence electrons. The maximum Gasteiger partial charge on any atom is 0.269 e. The summed E-state index contributed by atoms with van der Waals surface area (Å²) in [7, 11) is 0. The molecule has 0 aliphatic carbocycles. The van der Waals surface area contributed by atoms with Crippen LogP contribution in [0.4, 0.5) is 11.4 Å². The molecule has 0 saturated carbocycles. The van der Waals surface area contributed by atoms with E-state index in [2.05, 4.69) is 10.3 Å². The molecule has 0 saturated heterocycles. The third-order valence-corrected chi connectivity index (χ3v) is 4.03. The van der Waals surface area contributed by atoms with Gasteiger partial charge in [-0.05, 0) is 43.2 Å². The molecule has 3 rings (SSSR count). The number of nitrogens with zero attached hydrogens (tertiary/aromatic N) is 2. The molecule has 0 aliphatic heterocycles. The fourth-order valence-electron chi connectivity index (χ4n) is 2.50. The number of carbonyl (C=O) groups is 1. The van der Waals surface area contributed by atoms with Gasteiger partial charge in [0, 0.05) is 29.3 Å². The number of nitrogens with one attached hydrogen (secondary N) is 1. The normalized spacial score (nSPS) is 10.6. The Morgan fingerprint density at radius 3 is 2.46 bits per heavy atom. The van der Waals surface area contributed by atoms with Crippen molar-refractivity contribution in [3.8, 4) is 0 Å². The van der Waals surface area contributed by atoms with Crippen molar-refractivity contribution in [2.75, 3.05) is 5.32 Å². The second kappa shape index (κ2) is 6.08. The Hall–Kier alpha value is -3.28. The second-order valence-electron chi connectivity index (χ2n) is 5.52. The molecule has 6 heteroatoms. The van der Waals surface area contributed by atoms with Gasteiger partial charge in [0.25, 0.3) is 11.6 Å². The average Bonchev–Trinajstić information content (AvgIpc) is 2.58. The number of nitro benzene ring substituents is 1. The summed E-state index contributed by atoms with van der Waals surface area (Å²) in [6.45, 7) is 4.01. The number of anilines is 1. The topological polar surface area (TPSA) is 85.1 Å². The van der Waals surface area contributed by atoms with E-state index in [0.29, 0.717) is 11.3 Å². The van der Waals surface area contributed by atoms with Crippen molar-refractivity contribution in [1.29, 1.82) is 0 Å². The first-order chi connectivity index (χ1) is 11.5. The molecular weight excluding hydrogens is 306 g/mol. The Morgan fingerprint density at radius 1 is 1.08 bits per heavy atom. The largest absolute Gasteiger partial charge is 0.321 e. The Bertz CT molecular complexity index is 950.